The number of ether oxygens (including phenoxy) is 2. The van der Waals surface area contributed by atoms with Gasteiger partial charge >= 0.3 is 11.9 Å². The third-order valence-electron chi connectivity index (χ3n) is 4.13. The van der Waals surface area contributed by atoms with E-state index in [-0.39, 0.29) is 29.2 Å². The van der Waals surface area contributed by atoms with Gasteiger partial charge in [0.25, 0.3) is 11.6 Å². The molecule has 2 N–H and O–H groups in total. The van der Waals surface area contributed by atoms with Gasteiger partial charge in [-0.2, -0.15) is 0 Å². The summed E-state index contributed by atoms with van der Waals surface area (Å²) in [5.74, 6) is -2.15. The average molecular weight is 403 g/mol. The molecule has 0 saturated heterocycles. The largest absolute Gasteiger partial charge is 0.462 e. The summed E-state index contributed by atoms with van der Waals surface area (Å²) in [7, 11) is 0. The van der Waals surface area contributed by atoms with Crippen molar-refractivity contribution in [3.05, 3.63) is 56.9 Å². The van der Waals surface area contributed by atoms with E-state index in [0.717, 1.165) is 0 Å². The lowest BCUT2D eigenvalue weighted by molar-refractivity contribution is -0.383. The summed E-state index contributed by atoms with van der Waals surface area (Å²) in [6, 6.07) is 5.61. The number of nitro benzene ring substituents is 1. The zero-order valence-corrected chi connectivity index (χ0v) is 16.4. The lowest BCUT2D eigenvalue weighted by Gasteiger charge is -2.13. The Hall–Kier alpha value is -3.69. The maximum atomic E-state index is 12.5. The summed E-state index contributed by atoms with van der Waals surface area (Å²) in [6.45, 7) is 6.36. The number of esters is 2. The highest BCUT2D eigenvalue weighted by Crippen LogP contribution is 2.24. The molecule has 0 spiro atoms. The van der Waals surface area contributed by atoms with Crippen LogP contribution in [-0.2, 0) is 14.3 Å². The lowest BCUT2D eigenvalue weighted by atomic mass is 10.1. The van der Waals surface area contributed by atoms with Crippen molar-refractivity contribution >= 4 is 29.2 Å². The molecular formula is C19H21N3O7. The quantitative estimate of drug-likeness (QED) is 0.411. The number of carbonyl (C=O) groups excluding carboxylic acids is 3. The number of H-pyrrole nitrogens is 1. The standard InChI is InChI=1S/C19H21N3O7/c1-5-28-18(24)15-10(2)16(20-11(15)3)19(25)29-12(4)17(23)21-13-8-6-7-9-14(13)22(26)27/h6-9,12,20H,5H2,1-4H3,(H,21,23)/t12-/m0/s1. The van der Waals surface area contributed by atoms with Crippen molar-refractivity contribution < 1.29 is 28.8 Å². The minimum Gasteiger partial charge on any atom is -0.462 e. The van der Waals surface area contributed by atoms with Crippen molar-refractivity contribution in [2.45, 2.75) is 33.8 Å². The first kappa shape index (κ1) is 21.6. The van der Waals surface area contributed by atoms with E-state index in [1.807, 2.05) is 0 Å². The highest BCUT2D eigenvalue weighted by atomic mass is 16.6. The molecule has 1 heterocycles. The number of amides is 1. The first-order valence-corrected chi connectivity index (χ1v) is 8.78. The van der Waals surface area contributed by atoms with Gasteiger partial charge in [-0.15, -0.1) is 0 Å². The van der Waals surface area contributed by atoms with Crippen molar-refractivity contribution in [1.29, 1.82) is 0 Å². The Morgan fingerprint density at radius 3 is 2.48 bits per heavy atom. The fraction of sp³-hybridized carbons (Fsp3) is 0.316. The maximum absolute atomic E-state index is 12.5. The van der Waals surface area contributed by atoms with Gasteiger partial charge in [0.1, 0.15) is 11.4 Å². The number of hydrogen-bond acceptors (Lipinski definition) is 7. The van der Waals surface area contributed by atoms with Crippen molar-refractivity contribution in [3.63, 3.8) is 0 Å². The topological polar surface area (TPSA) is 141 Å². The van der Waals surface area contributed by atoms with Crippen LogP contribution in [-0.4, -0.2) is 40.5 Å². The second kappa shape index (κ2) is 9.00. The van der Waals surface area contributed by atoms with Crippen LogP contribution in [0.1, 0.15) is 46.0 Å². The Balaban J connectivity index is 2.13. The number of hydrogen-bond donors (Lipinski definition) is 2. The number of nitrogens with one attached hydrogen (secondary N) is 2. The van der Waals surface area contributed by atoms with Crippen molar-refractivity contribution in [1.82, 2.24) is 4.98 Å². The van der Waals surface area contributed by atoms with E-state index >= 15 is 0 Å². The summed E-state index contributed by atoms with van der Waals surface area (Å²) >= 11 is 0. The summed E-state index contributed by atoms with van der Waals surface area (Å²) in [5, 5.41) is 13.4. The minimum absolute atomic E-state index is 0.0121. The number of nitrogens with zero attached hydrogens (tertiary/aromatic N) is 1. The van der Waals surface area contributed by atoms with E-state index in [4.69, 9.17) is 9.47 Å². The molecule has 0 aliphatic carbocycles. The summed E-state index contributed by atoms with van der Waals surface area (Å²) in [6.07, 6.45) is -1.24. The second-order valence-corrected chi connectivity index (χ2v) is 6.16. The van der Waals surface area contributed by atoms with Crippen LogP contribution in [0.15, 0.2) is 24.3 Å². The van der Waals surface area contributed by atoms with Crippen LogP contribution in [0.4, 0.5) is 11.4 Å². The van der Waals surface area contributed by atoms with E-state index in [9.17, 15) is 24.5 Å². The third kappa shape index (κ3) is 4.78. The third-order valence-corrected chi connectivity index (χ3v) is 4.13. The zero-order chi connectivity index (χ0) is 21.7. The Bertz CT molecular complexity index is 965. The van der Waals surface area contributed by atoms with Crippen LogP contribution < -0.4 is 5.32 Å². The second-order valence-electron chi connectivity index (χ2n) is 6.16. The Morgan fingerprint density at radius 1 is 1.21 bits per heavy atom. The molecule has 10 nitrogen and oxygen atoms in total. The van der Waals surface area contributed by atoms with E-state index in [1.54, 1.807) is 20.8 Å². The van der Waals surface area contributed by atoms with Crippen LogP contribution in [0.2, 0.25) is 0 Å². The molecule has 0 aliphatic rings. The van der Waals surface area contributed by atoms with Crippen molar-refractivity contribution in [2.75, 3.05) is 11.9 Å². The molecule has 1 aromatic carbocycles. The Labute approximate surface area is 166 Å². The molecule has 0 aliphatic heterocycles. The summed E-state index contributed by atoms with van der Waals surface area (Å²) < 4.78 is 10.1. The summed E-state index contributed by atoms with van der Waals surface area (Å²) in [5.41, 5.74) is 0.741. The van der Waals surface area contributed by atoms with Crippen molar-refractivity contribution in [3.8, 4) is 0 Å². The van der Waals surface area contributed by atoms with Gasteiger partial charge in [0, 0.05) is 11.8 Å². The van der Waals surface area contributed by atoms with E-state index in [2.05, 4.69) is 10.3 Å². The molecule has 29 heavy (non-hydrogen) atoms. The van der Waals surface area contributed by atoms with Crippen LogP contribution in [0.5, 0.6) is 0 Å². The Morgan fingerprint density at radius 2 is 1.86 bits per heavy atom. The number of aromatic nitrogens is 1. The first-order chi connectivity index (χ1) is 13.7. The number of carbonyl (C=O) groups is 3. The first-order valence-electron chi connectivity index (χ1n) is 8.78. The van der Waals surface area contributed by atoms with Crippen molar-refractivity contribution in [2.24, 2.45) is 0 Å². The number of aryl methyl sites for hydroxylation is 1. The SMILES string of the molecule is CCOC(=O)c1c(C)[nH]c(C(=O)O[C@@H](C)C(=O)Nc2ccccc2[N+](=O)[O-])c1C. The van der Waals surface area contributed by atoms with E-state index < -0.39 is 28.9 Å². The molecule has 0 saturated carbocycles. The van der Waals surface area contributed by atoms with Gasteiger partial charge < -0.3 is 19.8 Å². The normalized spacial score (nSPS) is 11.4. The van der Waals surface area contributed by atoms with Crippen LogP contribution in [0, 0.1) is 24.0 Å². The minimum atomic E-state index is -1.24. The predicted octanol–water partition coefficient (Wildman–Crippen LogP) is 2.90. The summed E-state index contributed by atoms with van der Waals surface area (Å²) in [4.78, 5) is 50.0. The monoisotopic (exact) mass is 403 g/mol. The van der Waals surface area contributed by atoms with E-state index in [0.29, 0.717) is 11.3 Å². The van der Waals surface area contributed by atoms with Gasteiger partial charge in [-0.1, -0.05) is 12.1 Å². The number of anilines is 1. The molecule has 1 aromatic heterocycles. The van der Waals surface area contributed by atoms with Crippen LogP contribution in [0.3, 0.4) is 0 Å². The van der Waals surface area contributed by atoms with Gasteiger partial charge in [-0.25, -0.2) is 9.59 Å². The molecule has 2 aromatic rings. The molecule has 10 heteroatoms. The molecule has 0 radical (unpaired) electrons. The molecular weight excluding hydrogens is 382 g/mol. The average Bonchev–Trinajstić information content (AvgIpc) is 2.96. The van der Waals surface area contributed by atoms with Gasteiger partial charge in [0.2, 0.25) is 0 Å². The number of benzene rings is 1. The Kier molecular flexibility index (Phi) is 6.71. The van der Waals surface area contributed by atoms with Crippen LogP contribution >= 0.6 is 0 Å². The number of nitro groups is 1. The lowest BCUT2D eigenvalue weighted by Crippen LogP contribution is -2.30. The smallest absolute Gasteiger partial charge is 0.355 e. The molecule has 2 rings (SSSR count). The number of aromatic amines is 1. The van der Waals surface area contributed by atoms with Crippen LogP contribution in [0.25, 0.3) is 0 Å². The predicted molar refractivity (Wildman–Crippen MR) is 103 cm³/mol. The number of para-hydroxylation sites is 2. The molecule has 1 atom stereocenters. The molecule has 154 valence electrons. The van der Waals surface area contributed by atoms with Gasteiger partial charge in [-0.3, -0.25) is 14.9 Å². The fourth-order valence-electron chi connectivity index (χ4n) is 2.71. The zero-order valence-electron chi connectivity index (χ0n) is 16.4. The van der Waals surface area contributed by atoms with Gasteiger partial charge in [-0.05, 0) is 39.3 Å². The molecule has 1 amide bonds. The van der Waals surface area contributed by atoms with Gasteiger partial charge in [0.05, 0.1) is 17.1 Å². The molecule has 0 fully saturated rings. The van der Waals surface area contributed by atoms with E-state index in [1.165, 1.54) is 31.2 Å². The highest BCUT2D eigenvalue weighted by molar-refractivity contribution is 6.01. The van der Waals surface area contributed by atoms with Gasteiger partial charge in [0.15, 0.2) is 6.10 Å². The maximum Gasteiger partial charge on any atom is 0.355 e. The molecule has 0 bridgehead atoms. The molecule has 0 unspecified atom stereocenters. The highest BCUT2D eigenvalue weighted by Gasteiger charge is 2.27. The number of rotatable bonds is 7. The fourth-order valence-corrected chi connectivity index (χ4v) is 2.71.